The highest BCUT2D eigenvalue weighted by Gasteiger charge is 2.54. The van der Waals surface area contributed by atoms with Crippen LogP contribution in [-0.4, -0.2) is 37.6 Å². The molecule has 3 aliphatic carbocycles. The van der Waals surface area contributed by atoms with Crippen LogP contribution in [0.2, 0.25) is 0 Å². The number of fused-ring (bicyclic) bond motifs is 3. The second-order valence-electron chi connectivity index (χ2n) is 9.58. The number of likely N-dealkylation sites (tertiary alicyclic amines) is 1. The SMILES string of the molecule is COC1(c2cccc(C(N)=O)c2)C2CCCC1CN(C[C@@H]1CC3C[C@H]3C1)C2. The number of nitrogens with zero attached hydrogens (tertiary/aromatic N) is 1. The summed E-state index contributed by atoms with van der Waals surface area (Å²) in [6.45, 7) is 3.52. The number of hydrogen-bond donors (Lipinski definition) is 1. The van der Waals surface area contributed by atoms with E-state index in [2.05, 4.69) is 11.0 Å². The molecule has 1 aliphatic heterocycles. The number of hydrogen-bond acceptors (Lipinski definition) is 3. The standard InChI is InChI=1S/C23H32N2O2/c1-27-23(19-5-2-4-16(11-19)22(24)26)20-6-3-7-21(23)14-25(13-20)12-15-8-17-10-18(17)9-15/h2,4-5,11,15,17-18,20-21H,3,6-10,12-14H2,1H3,(H2,24,26)/t15-,17+,18?,20?,21?,23?/m0/s1. The zero-order chi connectivity index (χ0) is 18.6. The number of primary amides is 1. The highest BCUT2D eigenvalue weighted by Crippen LogP contribution is 2.55. The molecule has 2 N–H and O–H groups in total. The first-order valence-electron chi connectivity index (χ1n) is 10.8. The zero-order valence-electron chi connectivity index (χ0n) is 16.4. The molecule has 2 bridgehead atoms. The molecule has 5 atom stereocenters. The molecule has 3 saturated carbocycles. The topological polar surface area (TPSA) is 55.6 Å². The quantitative estimate of drug-likeness (QED) is 0.866. The first-order chi connectivity index (χ1) is 13.1. The molecule has 0 radical (unpaired) electrons. The van der Waals surface area contributed by atoms with Crippen molar-refractivity contribution in [2.24, 2.45) is 35.3 Å². The van der Waals surface area contributed by atoms with Crippen molar-refractivity contribution in [2.75, 3.05) is 26.7 Å². The molecule has 1 aromatic rings. The van der Waals surface area contributed by atoms with E-state index in [0.717, 1.165) is 36.4 Å². The van der Waals surface area contributed by atoms with Gasteiger partial charge >= 0.3 is 0 Å². The van der Waals surface area contributed by atoms with Gasteiger partial charge in [0.05, 0.1) is 0 Å². The minimum atomic E-state index is -0.356. The molecule has 1 saturated heterocycles. The zero-order valence-corrected chi connectivity index (χ0v) is 16.4. The smallest absolute Gasteiger partial charge is 0.248 e. The van der Waals surface area contributed by atoms with Crippen LogP contribution >= 0.6 is 0 Å². The maximum atomic E-state index is 11.7. The summed E-state index contributed by atoms with van der Waals surface area (Å²) in [6, 6.07) is 7.90. The highest BCUT2D eigenvalue weighted by molar-refractivity contribution is 5.92. The van der Waals surface area contributed by atoms with Gasteiger partial charge in [-0.15, -0.1) is 0 Å². The van der Waals surface area contributed by atoms with E-state index in [1.165, 1.54) is 45.1 Å². The van der Waals surface area contributed by atoms with E-state index in [0.29, 0.717) is 17.4 Å². The lowest BCUT2D eigenvalue weighted by atomic mass is 9.62. The highest BCUT2D eigenvalue weighted by atomic mass is 16.5. The van der Waals surface area contributed by atoms with Gasteiger partial charge in [-0.05, 0) is 67.6 Å². The summed E-state index contributed by atoms with van der Waals surface area (Å²) in [5, 5.41) is 0. The molecule has 0 spiro atoms. The largest absolute Gasteiger partial charge is 0.373 e. The summed E-state index contributed by atoms with van der Waals surface area (Å²) in [4.78, 5) is 14.5. The predicted molar refractivity (Wildman–Crippen MR) is 105 cm³/mol. The van der Waals surface area contributed by atoms with Gasteiger partial charge in [-0.2, -0.15) is 0 Å². The van der Waals surface area contributed by atoms with Crippen molar-refractivity contribution in [3.05, 3.63) is 35.4 Å². The summed E-state index contributed by atoms with van der Waals surface area (Å²) < 4.78 is 6.33. The van der Waals surface area contributed by atoms with E-state index in [1.54, 1.807) is 0 Å². The molecule has 1 aromatic carbocycles. The Morgan fingerprint density at radius 1 is 1.19 bits per heavy atom. The Balaban J connectivity index is 1.40. The van der Waals surface area contributed by atoms with Crippen LogP contribution in [0, 0.1) is 29.6 Å². The Labute approximate surface area is 162 Å². The first-order valence-corrected chi connectivity index (χ1v) is 10.8. The second kappa shape index (κ2) is 6.59. The lowest BCUT2D eigenvalue weighted by Crippen LogP contribution is -2.59. The number of carbonyl (C=O) groups is 1. The van der Waals surface area contributed by atoms with Gasteiger partial charge in [0.1, 0.15) is 5.60 Å². The van der Waals surface area contributed by atoms with Crippen molar-refractivity contribution in [2.45, 2.75) is 44.1 Å². The van der Waals surface area contributed by atoms with E-state index >= 15 is 0 Å². The average molecular weight is 369 g/mol. The predicted octanol–water partition coefficient (Wildman–Crippen LogP) is 3.41. The summed E-state index contributed by atoms with van der Waals surface area (Å²) in [5.41, 5.74) is 7.03. The Kier molecular flexibility index (Phi) is 4.32. The molecule has 4 aliphatic rings. The monoisotopic (exact) mass is 368 g/mol. The maximum Gasteiger partial charge on any atom is 0.248 e. The van der Waals surface area contributed by atoms with Gasteiger partial charge in [-0.25, -0.2) is 0 Å². The Hall–Kier alpha value is -1.39. The summed E-state index contributed by atoms with van der Waals surface area (Å²) >= 11 is 0. The number of carbonyl (C=O) groups excluding carboxylic acids is 1. The van der Waals surface area contributed by atoms with Gasteiger partial charge in [0.25, 0.3) is 0 Å². The van der Waals surface area contributed by atoms with Gasteiger partial charge in [-0.1, -0.05) is 18.6 Å². The number of methoxy groups -OCH3 is 1. The van der Waals surface area contributed by atoms with Gasteiger partial charge in [0.2, 0.25) is 5.91 Å². The normalized spacial score (nSPS) is 40.6. The molecule has 1 amide bonds. The van der Waals surface area contributed by atoms with Crippen molar-refractivity contribution >= 4 is 5.91 Å². The van der Waals surface area contributed by atoms with Gasteiger partial charge < -0.3 is 15.4 Å². The van der Waals surface area contributed by atoms with E-state index in [-0.39, 0.29) is 11.5 Å². The van der Waals surface area contributed by atoms with Crippen LogP contribution in [0.3, 0.4) is 0 Å². The molecule has 3 unspecified atom stereocenters. The Morgan fingerprint density at radius 2 is 1.89 bits per heavy atom. The second-order valence-corrected chi connectivity index (χ2v) is 9.58. The fraction of sp³-hybridized carbons (Fsp3) is 0.696. The van der Waals surface area contributed by atoms with Crippen LogP contribution in [0.5, 0.6) is 0 Å². The van der Waals surface area contributed by atoms with Crippen LogP contribution in [0.4, 0.5) is 0 Å². The molecule has 146 valence electrons. The average Bonchev–Trinajstić information content (AvgIpc) is 3.27. The van der Waals surface area contributed by atoms with E-state index < -0.39 is 0 Å². The third-order valence-electron chi connectivity index (χ3n) is 8.07. The molecular weight excluding hydrogens is 336 g/mol. The van der Waals surface area contributed by atoms with E-state index in [9.17, 15) is 4.79 Å². The van der Waals surface area contributed by atoms with Crippen LogP contribution in [0.15, 0.2) is 24.3 Å². The molecule has 4 fully saturated rings. The molecular formula is C23H32N2O2. The number of nitrogens with two attached hydrogens (primary N) is 1. The van der Waals surface area contributed by atoms with Crippen molar-refractivity contribution in [1.29, 1.82) is 0 Å². The summed E-state index contributed by atoms with van der Waals surface area (Å²) in [7, 11) is 1.86. The minimum absolute atomic E-state index is 0.266. The number of benzene rings is 1. The fourth-order valence-electron chi connectivity index (χ4n) is 6.87. The summed E-state index contributed by atoms with van der Waals surface area (Å²) in [6.07, 6.45) is 8.14. The lowest BCUT2D eigenvalue weighted by molar-refractivity contribution is -0.170. The number of amides is 1. The number of ether oxygens (including phenoxy) is 1. The molecule has 0 aromatic heterocycles. The molecule has 4 heteroatoms. The van der Waals surface area contributed by atoms with E-state index in [4.69, 9.17) is 10.5 Å². The third-order valence-corrected chi connectivity index (χ3v) is 8.07. The first kappa shape index (κ1) is 17.7. The molecule has 1 heterocycles. The number of piperidine rings is 1. The van der Waals surface area contributed by atoms with Crippen molar-refractivity contribution in [1.82, 2.24) is 4.90 Å². The molecule has 5 rings (SSSR count). The third kappa shape index (κ3) is 2.92. The summed E-state index contributed by atoms with van der Waals surface area (Å²) in [5.74, 6) is 3.68. The van der Waals surface area contributed by atoms with Crippen LogP contribution in [-0.2, 0) is 10.3 Å². The van der Waals surface area contributed by atoms with Crippen molar-refractivity contribution in [3.8, 4) is 0 Å². The van der Waals surface area contributed by atoms with E-state index in [1.807, 2.05) is 25.3 Å². The minimum Gasteiger partial charge on any atom is -0.373 e. The maximum absolute atomic E-state index is 11.7. The van der Waals surface area contributed by atoms with Crippen LogP contribution < -0.4 is 5.73 Å². The van der Waals surface area contributed by atoms with Crippen LogP contribution in [0.1, 0.15) is 54.4 Å². The van der Waals surface area contributed by atoms with Crippen molar-refractivity contribution in [3.63, 3.8) is 0 Å². The molecule has 27 heavy (non-hydrogen) atoms. The van der Waals surface area contributed by atoms with Gasteiger partial charge in [-0.3, -0.25) is 4.79 Å². The lowest BCUT2D eigenvalue weighted by Gasteiger charge is -2.55. The fourth-order valence-corrected chi connectivity index (χ4v) is 6.87. The Morgan fingerprint density at radius 3 is 2.52 bits per heavy atom. The van der Waals surface area contributed by atoms with Crippen LogP contribution in [0.25, 0.3) is 0 Å². The van der Waals surface area contributed by atoms with Gasteiger partial charge in [0.15, 0.2) is 0 Å². The number of rotatable bonds is 5. The van der Waals surface area contributed by atoms with Gasteiger partial charge in [0, 0.05) is 44.1 Å². The molecule has 4 nitrogen and oxygen atoms in total. The van der Waals surface area contributed by atoms with Crippen molar-refractivity contribution < 1.29 is 9.53 Å². The Bertz CT molecular complexity index is 709.